The molecule has 5 heteroatoms. The van der Waals surface area contributed by atoms with Crippen molar-refractivity contribution in [2.45, 2.75) is 29.0 Å². The van der Waals surface area contributed by atoms with Crippen molar-refractivity contribution in [3.63, 3.8) is 0 Å². The van der Waals surface area contributed by atoms with Crippen molar-refractivity contribution in [1.29, 1.82) is 0 Å². The Balaban J connectivity index is 2.04. The third-order valence-electron chi connectivity index (χ3n) is 4.18. The Morgan fingerprint density at radius 3 is 2.46 bits per heavy atom. The van der Waals surface area contributed by atoms with E-state index >= 15 is 0 Å². The van der Waals surface area contributed by atoms with Gasteiger partial charge in [0.15, 0.2) is 4.75 Å². The molecule has 0 radical (unpaired) electrons. The molecule has 0 saturated carbocycles. The summed E-state index contributed by atoms with van der Waals surface area (Å²) in [6, 6.07) is 17.1. The molecule has 24 heavy (non-hydrogen) atoms. The lowest BCUT2D eigenvalue weighted by atomic mass is 9.93. The van der Waals surface area contributed by atoms with Crippen LogP contribution in [0.15, 0.2) is 59.5 Å². The first kappa shape index (κ1) is 16.6. The molecule has 1 heterocycles. The fourth-order valence-electron chi connectivity index (χ4n) is 2.98. The van der Waals surface area contributed by atoms with Crippen LogP contribution in [0.5, 0.6) is 0 Å². The molecule has 0 bridgehead atoms. The van der Waals surface area contributed by atoms with Gasteiger partial charge in [0.25, 0.3) is 0 Å². The van der Waals surface area contributed by atoms with Gasteiger partial charge in [-0.2, -0.15) is 0 Å². The molecule has 0 unspecified atom stereocenters. The van der Waals surface area contributed by atoms with Crippen LogP contribution < -0.4 is 5.32 Å². The third-order valence-corrected chi connectivity index (χ3v) is 5.60. The first-order valence-electron chi connectivity index (χ1n) is 7.73. The van der Waals surface area contributed by atoms with Crippen LogP contribution in [-0.2, 0) is 14.3 Å². The number of nitrogens with one attached hydrogen (secondary N) is 1. The Hall–Kier alpha value is -2.27. The number of carbonyl (C=O) groups excluding carboxylic acids is 2. The highest BCUT2D eigenvalue weighted by molar-refractivity contribution is 8.01. The molecule has 1 aliphatic heterocycles. The molecule has 0 aromatic heterocycles. The van der Waals surface area contributed by atoms with E-state index in [0.717, 1.165) is 16.0 Å². The molecule has 124 valence electrons. The molecule has 2 aromatic rings. The van der Waals surface area contributed by atoms with Crippen LogP contribution in [0.3, 0.4) is 0 Å². The summed E-state index contributed by atoms with van der Waals surface area (Å²) < 4.78 is 4.07. The Morgan fingerprint density at radius 1 is 1.17 bits per heavy atom. The second kappa shape index (κ2) is 6.69. The van der Waals surface area contributed by atoms with Crippen LogP contribution in [0.1, 0.15) is 23.6 Å². The average molecular weight is 341 g/mol. The predicted octanol–water partition coefficient (Wildman–Crippen LogP) is 3.26. The van der Waals surface area contributed by atoms with Gasteiger partial charge in [-0.15, -0.1) is 11.8 Å². The van der Waals surface area contributed by atoms with E-state index in [1.807, 2.05) is 61.5 Å². The van der Waals surface area contributed by atoms with Crippen molar-refractivity contribution in [3.8, 4) is 0 Å². The number of benzene rings is 2. The molecule has 1 amide bonds. The lowest BCUT2D eigenvalue weighted by molar-refractivity contribution is -0.144. The number of aryl methyl sites for hydroxylation is 1. The lowest BCUT2D eigenvalue weighted by Crippen LogP contribution is -2.41. The monoisotopic (exact) mass is 341 g/mol. The van der Waals surface area contributed by atoms with Crippen LogP contribution in [0.4, 0.5) is 0 Å². The van der Waals surface area contributed by atoms with E-state index in [9.17, 15) is 9.59 Å². The van der Waals surface area contributed by atoms with E-state index in [-0.39, 0.29) is 18.3 Å². The van der Waals surface area contributed by atoms with E-state index < -0.39 is 10.8 Å². The number of hydrogen-bond acceptors (Lipinski definition) is 4. The fraction of sp³-hybridized carbons (Fsp3) is 0.263. The minimum absolute atomic E-state index is 0.0950. The SMILES string of the molecule is COC(=O)[C@]1(Sc2ccc(C)cc2)CC(=O)N[C@@H]1c1ccccc1. The summed E-state index contributed by atoms with van der Waals surface area (Å²) in [6.45, 7) is 2.01. The number of rotatable bonds is 4. The number of amides is 1. The smallest absolute Gasteiger partial charge is 0.325 e. The summed E-state index contributed by atoms with van der Waals surface area (Å²) >= 11 is 1.39. The molecule has 0 aliphatic carbocycles. The average Bonchev–Trinajstić information content (AvgIpc) is 2.94. The van der Waals surface area contributed by atoms with Gasteiger partial charge in [0.1, 0.15) is 0 Å². The van der Waals surface area contributed by atoms with Gasteiger partial charge in [-0.05, 0) is 24.6 Å². The van der Waals surface area contributed by atoms with E-state index in [4.69, 9.17) is 4.74 Å². The number of hydrogen-bond donors (Lipinski definition) is 1. The second-order valence-electron chi connectivity index (χ2n) is 5.88. The number of methoxy groups -OCH3 is 1. The second-order valence-corrected chi connectivity index (χ2v) is 7.29. The van der Waals surface area contributed by atoms with Crippen LogP contribution >= 0.6 is 11.8 Å². The quantitative estimate of drug-likeness (QED) is 0.867. The number of thioether (sulfide) groups is 1. The highest BCUT2D eigenvalue weighted by Crippen LogP contribution is 2.48. The largest absolute Gasteiger partial charge is 0.468 e. The molecule has 1 fully saturated rings. The zero-order valence-corrected chi connectivity index (χ0v) is 14.4. The third kappa shape index (κ3) is 3.04. The Labute approximate surface area is 145 Å². The summed E-state index contributed by atoms with van der Waals surface area (Å²) in [5.41, 5.74) is 2.04. The Morgan fingerprint density at radius 2 is 1.83 bits per heavy atom. The standard InChI is InChI=1S/C19H19NO3S/c1-13-8-10-15(11-9-13)24-19(18(22)23-2)12-16(21)20-17(19)14-6-4-3-5-7-14/h3-11,17H,12H2,1-2H3,(H,20,21)/t17-,19+/m1/s1. The zero-order valence-electron chi connectivity index (χ0n) is 13.6. The number of esters is 1. The summed E-state index contributed by atoms with van der Waals surface area (Å²) in [7, 11) is 1.37. The van der Waals surface area contributed by atoms with Crippen LogP contribution in [0.25, 0.3) is 0 Å². The van der Waals surface area contributed by atoms with E-state index in [0.29, 0.717) is 0 Å². The molecule has 4 nitrogen and oxygen atoms in total. The molecule has 1 saturated heterocycles. The Bertz CT molecular complexity index is 745. The number of ether oxygens (including phenoxy) is 1. The molecule has 1 N–H and O–H groups in total. The highest BCUT2D eigenvalue weighted by Gasteiger charge is 2.55. The van der Waals surface area contributed by atoms with Gasteiger partial charge in [-0.3, -0.25) is 9.59 Å². The van der Waals surface area contributed by atoms with Crippen LogP contribution in [0.2, 0.25) is 0 Å². The first-order valence-corrected chi connectivity index (χ1v) is 8.55. The minimum atomic E-state index is -1.01. The van der Waals surface area contributed by atoms with Crippen molar-refractivity contribution < 1.29 is 14.3 Å². The van der Waals surface area contributed by atoms with Crippen molar-refractivity contribution >= 4 is 23.6 Å². The van der Waals surface area contributed by atoms with Gasteiger partial charge in [-0.1, -0.05) is 48.0 Å². The minimum Gasteiger partial charge on any atom is -0.468 e. The molecule has 2 aromatic carbocycles. The highest BCUT2D eigenvalue weighted by atomic mass is 32.2. The predicted molar refractivity (Wildman–Crippen MR) is 93.7 cm³/mol. The first-order chi connectivity index (χ1) is 11.5. The molecule has 2 atom stereocenters. The maximum atomic E-state index is 12.7. The maximum absolute atomic E-state index is 12.7. The molecule has 0 spiro atoms. The molecule has 1 aliphatic rings. The van der Waals surface area contributed by atoms with Crippen LogP contribution in [-0.4, -0.2) is 23.7 Å². The van der Waals surface area contributed by atoms with Crippen molar-refractivity contribution in [2.24, 2.45) is 0 Å². The molecule has 3 rings (SSSR count). The number of carbonyl (C=O) groups is 2. The lowest BCUT2D eigenvalue weighted by Gasteiger charge is -2.31. The van der Waals surface area contributed by atoms with Crippen molar-refractivity contribution in [1.82, 2.24) is 5.32 Å². The van der Waals surface area contributed by atoms with Gasteiger partial charge in [0.2, 0.25) is 5.91 Å². The summed E-state index contributed by atoms with van der Waals surface area (Å²) in [6.07, 6.45) is 0.0950. The summed E-state index contributed by atoms with van der Waals surface area (Å²) in [5.74, 6) is -0.533. The molecular weight excluding hydrogens is 322 g/mol. The Kier molecular flexibility index (Phi) is 4.62. The fourth-order valence-corrected chi connectivity index (χ4v) is 4.36. The van der Waals surface area contributed by atoms with Crippen LogP contribution in [0, 0.1) is 6.92 Å². The van der Waals surface area contributed by atoms with E-state index in [1.165, 1.54) is 18.9 Å². The van der Waals surface area contributed by atoms with E-state index in [1.54, 1.807) is 0 Å². The van der Waals surface area contributed by atoms with Gasteiger partial charge >= 0.3 is 5.97 Å². The topological polar surface area (TPSA) is 55.4 Å². The zero-order chi connectivity index (χ0) is 17.2. The maximum Gasteiger partial charge on any atom is 0.325 e. The van der Waals surface area contributed by atoms with Gasteiger partial charge < -0.3 is 10.1 Å². The summed E-state index contributed by atoms with van der Waals surface area (Å²) in [4.78, 5) is 25.8. The van der Waals surface area contributed by atoms with Gasteiger partial charge in [0, 0.05) is 4.90 Å². The van der Waals surface area contributed by atoms with Crippen molar-refractivity contribution in [3.05, 3.63) is 65.7 Å². The van der Waals surface area contributed by atoms with E-state index in [2.05, 4.69) is 5.32 Å². The van der Waals surface area contributed by atoms with Gasteiger partial charge in [-0.25, -0.2) is 0 Å². The molecular formula is C19H19NO3S. The van der Waals surface area contributed by atoms with Gasteiger partial charge in [0.05, 0.1) is 19.6 Å². The van der Waals surface area contributed by atoms with Crippen molar-refractivity contribution in [2.75, 3.05) is 7.11 Å². The normalized spacial score (nSPS) is 22.9. The summed E-state index contributed by atoms with van der Waals surface area (Å²) in [5, 5.41) is 2.95.